The second-order valence-corrected chi connectivity index (χ2v) is 5.27. The van der Waals surface area contributed by atoms with Gasteiger partial charge in [0.05, 0.1) is 16.3 Å². The van der Waals surface area contributed by atoms with E-state index >= 15 is 0 Å². The quantitative estimate of drug-likeness (QED) is 0.551. The molecule has 0 aromatic heterocycles. The van der Waals surface area contributed by atoms with Gasteiger partial charge < -0.3 is 15.7 Å². The minimum absolute atomic E-state index is 0.0824. The van der Waals surface area contributed by atoms with Crippen LogP contribution in [-0.4, -0.2) is 22.1 Å². The number of carbonyl (C=O) groups excluding carboxylic acids is 1. The first-order valence-electron chi connectivity index (χ1n) is 6.57. The molecule has 0 heterocycles. The number of benzene rings is 1. The number of amides is 1. The molecule has 0 spiro atoms. The molecule has 0 aliphatic heterocycles. The van der Waals surface area contributed by atoms with Crippen molar-refractivity contribution in [1.29, 1.82) is 0 Å². The fraction of sp³-hybridized carbons (Fsp3) is 0.357. The van der Waals surface area contributed by atoms with Crippen molar-refractivity contribution in [3.8, 4) is 0 Å². The summed E-state index contributed by atoms with van der Waals surface area (Å²) in [5.41, 5.74) is 0.425. The summed E-state index contributed by atoms with van der Waals surface area (Å²) in [6, 6.07) is 4.21. The van der Waals surface area contributed by atoms with Crippen LogP contribution < -0.4 is 10.6 Å². The van der Waals surface area contributed by atoms with E-state index in [1.54, 1.807) is 0 Å². The van der Waals surface area contributed by atoms with Gasteiger partial charge in [-0.3, -0.25) is 4.79 Å². The summed E-state index contributed by atoms with van der Waals surface area (Å²) in [5, 5.41) is 14.6. The van der Waals surface area contributed by atoms with Crippen LogP contribution in [0.1, 0.15) is 43.0 Å². The van der Waals surface area contributed by atoms with E-state index in [9.17, 15) is 9.59 Å². The van der Waals surface area contributed by atoms with E-state index in [1.165, 1.54) is 18.2 Å². The number of nitrogens with one attached hydrogen (secondary N) is 2. The van der Waals surface area contributed by atoms with E-state index in [4.69, 9.17) is 28.9 Å². The lowest BCUT2D eigenvalue weighted by atomic mass is 10.2. The molecule has 0 saturated carbocycles. The third-order valence-electron chi connectivity index (χ3n) is 2.72. The Labute approximate surface area is 133 Å². The van der Waals surface area contributed by atoms with Crippen molar-refractivity contribution in [2.45, 2.75) is 32.6 Å². The topological polar surface area (TPSA) is 78.4 Å². The number of rotatable bonds is 6. The molecule has 0 saturated heterocycles. The number of carboxylic acid groups (broad SMARTS) is 1. The molecular formula is C14H17ClN2O3S. The van der Waals surface area contributed by atoms with Crippen LogP contribution in [0.15, 0.2) is 18.2 Å². The third-order valence-corrected chi connectivity index (χ3v) is 3.26. The molecule has 1 aromatic carbocycles. The Balaban J connectivity index is 2.60. The monoisotopic (exact) mass is 328 g/mol. The molecule has 0 atom stereocenters. The summed E-state index contributed by atoms with van der Waals surface area (Å²) in [4.78, 5) is 22.5. The summed E-state index contributed by atoms with van der Waals surface area (Å²) in [6.45, 7) is 2.06. The average molecular weight is 329 g/mol. The molecule has 114 valence electrons. The van der Waals surface area contributed by atoms with Crippen molar-refractivity contribution in [3.05, 3.63) is 28.8 Å². The maximum absolute atomic E-state index is 11.6. The van der Waals surface area contributed by atoms with Crippen molar-refractivity contribution in [2.24, 2.45) is 0 Å². The van der Waals surface area contributed by atoms with Gasteiger partial charge in [0, 0.05) is 6.42 Å². The van der Waals surface area contributed by atoms with Gasteiger partial charge >= 0.3 is 5.97 Å². The Morgan fingerprint density at radius 2 is 2.05 bits per heavy atom. The molecule has 21 heavy (non-hydrogen) atoms. The Morgan fingerprint density at radius 1 is 1.33 bits per heavy atom. The van der Waals surface area contributed by atoms with E-state index in [2.05, 4.69) is 17.6 Å². The van der Waals surface area contributed by atoms with Gasteiger partial charge in [-0.15, -0.1) is 0 Å². The van der Waals surface area contributed by atoms with Gasteiger partial charge in [-0.1, -0.05) is 31.4 Å². The first-order valence-corrected chi connectivity index (χ1v) is 7.36. The smallest absolute Gasteiger partial charge is 0.335 e. The molecule has 1 rings (SSSR count). The van der Waals surface area contributed by atoms with Gasteiger partial charge in [0.1, 0.15) is 0 Å². The maximum Gasteiger partial charge on any atom is 0.335 e. The van der Waals surface area contributed by atoms with Crippen molar-refractivity contribution in [2.75, 3.05) is 5.32 Å². The third kappa shape index (κ3) is 6.10. The van der Waals surface area contributed by atoms with Gasteiger partial charge in [-0.2, -0.15) is 0 Å². The number of carboxylic acids is 1. The minimum Gasteiger partial charge on any atom is -0.478 e. The summed E-state index contributed by atoms with van der Waals surface area (Å²) in [7, 11) is 0. The van der Waals surface area contributed by atoms with Gasteiger partial charge in [0.15, 0.2) is 5.11 Å². The highest BCUT2D eigenvalue weighted by atomic mass is 35.5. The van der Waals surface area contributed by atoms with Gasteiger partial charge in [-0.25, -0.2) is 4.79 Å². The zero-order chi connectivity index (χ0) is 15.8. The predicted octanol–water partition coefficient (Wildman–Crippen LogP) is 3.43. The molecule has 0 unspecified atom stereocenters. The zero-order valence-electron chi connectivity index (χ0n) is 11.6. The van der Waals surface area contributed by atoms with Crippen molar-refractivity contribution in [1.82, 2.24) is 5.32 Å². The molecule has 0 aliphatic carbocycles. The van der Waals surface area contributed by atoms with Crippen LogP contribution in [0.25, 0.3) is 0 Å². The average Bonchev–Trinajstić information content (AvgIpc) is 2.41. The Kier molecular flexibility index (Phi) is 7.11. The van der Waals surface area contributed by atoms with Crippen LogP contribution in [-0.2, 0) is 4.79 Å². The molecular weight excluding hydrogens is 312 g/mol. The predicted molar refractivity (Wildman–Crippen MR) is 86.9 cm³/mol. The summed E-state index contributed by atoms with van der Waals surface area (Å²) in [5.74, 6) is -1.24. The lowest BCUT2D eigenvalue weighted by Gasteiger charge is -2.11. The molecule has 0 bridgehead atoms. The highest BCUT2D eigenvalue weighted by molar-refractivity contribution is 7.80. The van der Waals surface area contributed by atoms with Gasteiger partial charge in [-0.05, 0) is 36.8 Å². The summed E-state index contributed by atoms with van der Waals surface area (Å²) >= 11 is 11.0. The van der Waals surface area contributed by atoms with Crippen LogP contribution in [0.3, 0.4) is 0 Å². The molecule has 0 aliphatic rings. The standard InChI is InChI=1S/C14H17ClN2O3S/c1-2-3-4-5-12(18)17-14(21)16-11-8-9(13(19)20)6-7-10(11)15/h6-8H,2-5H2,1H3,(H,19,20)(H2,16,17,18,21). The maximum atomic E-state index is 11.6. The van der Waals surface area contributed by atoms with E-state index in [0.717, 1.165) is 19.3 Å². The van der Waals surface area contributed by atoms with Crippen LogP contribution in [0.4, 0.5) is 5.69 Å². The number of halogens is 1. The first-order chi connectivity index (χ1) is 9.93. The number of aromatic carboxylic acids is 1. The summed E-state index contributed by atoms with van der Waals surface area (Å²) < 4.78 is 0. The largest absolute Gasteiger partial charge is 0.478 e. The van der Waals surface area contributed by atoms with Crippen molar-refractivity contribution in [3.63, 3.8) is 0 Å². The highest BCUT2D eigenvalue weighted by Gasteiger charge is 2.10. The minimum atomic E-state index is -1.07. The normalized spacial score (nSPS) is 10.0. The molecule has 1 amide bonds. The van der Waals surface area contributed by atoms with Crippen LogP contribution in [0.5, 0.6) is 0 Å². The van der Waals surface area contributed by atoms with E-state index < -0.39 is 5.97 Å². The number of hydrogen-bond donors (Lipinski definition) is 3. The highest BCUT2D eigenvalue weighted by Crippen LogP contribution is 2.23. The molecule has 3 N–H and O–H groups in total. The van der Waals surface area contributed by atoms with Gasteiger partial charge in [0.25, 0.3) is 0 Å². The lowest BCUT2D eigenvalue weighted by Crippen LogP contribution is -2.34. The fourth-order valence-electron chi connectivity index (χ4n) is 1.63. The Hall–Kier alpha value is -1.66. The van der Waals surface area contributed by atoms with E-state index in [1.807, 2.05) is 0 Å². The number of anilines is 1. The Bertz CT molecular complexity index is 549. The number of hydrogen-bond acceptors (Lipinski definition) is 3. The SMILES string of the molecule is CCCCCC(=O)NC(=S)Nc1cc(C(=O)O)ccc1Cl. The van der Waals surface area contributed by atoms with Gasteiger partial charge in [0.2, 0.25) is 5.91 Å². The molecule has 0 radical (unpaired) electrons. The second-order valence-electron chi connectivity index (χ2n) is 4.46. The second kappa shape index (κ2) is 8.59. The van der Waals surface area contributed by atoms with Crippen LogP contribution in [0, 0.1) is 0 Å². The summed E-state index contributed by atoms with van der Waals surface area (Å²) in [6.07, 6.45) is 3.23. The molecule has 5 nitrogen and oxygen atoms in total. The molecule has 7 heteroatoms. The van der Waals surface area contributed by atoms with Crippen LogP contribution >= 0.6 is 23.8 Å². The first kappa shape index (κ1) is 17.4. The number of thiocarbonyl (C=S) groups is 1. The molecule has 0 fully saturated rings. The molecule has 1 aromatic rings. The lowest BCUT2D eigenvalue weighted by molar-refractivity contribution is -0.119. The van der Waals surface area contributed by atoms with Crippen molar-refractivity contribution < 1.29 is 14.7 Å². The van der Waals surface area contributed by atoms with E-state index in [-0.39, 0.29) is 16.6 Å². The zero-order valence-corrected chi connectivity index (χ0v) is 13.2. The number of carbonyl (C=O) groups is 2. The fourth-order valence-corrected chi connectivity index (χ4v) is 2.02. The van der Waals surface area contributed by atoms with E-state index in [0.29, 0.717) is 17.1 Å². The number of unbranched alkanes of at least 4 members (excludes halogenated alkanes) is 2. The van der Waals surface area contributed by atoms with Crippen LogP contribution in [0.2, 0.25) is 5.02 Å². The van der Waals surface area contributed by atoms with Crippen molar-refractivity contribution >= 4 is 46.5 Å². The Morgan fingerprint density at radius 3 is 2.67 bits per heavy atom.